The zero-order chi connectivity index (χ0) is 31.0. The van der Waals surface area contributed by atoms with Crippen molar-refractivity contribution in [2.45, 2.75) is 61.8 Å². The van der Waals surface area contributed by atoms with Crippen LogP contribution < -0.4 is 10.6 Å². The molecule has 0 aromatic rings. The van der Waals surface area contributed by atoms with Crippen LogP contribution >= 0.6 is 0 Å². The number of nitrogens with zero attached hydrogens (tertiary/aromatic N) is 1. The molecule has 0 spiro atoms. The average Bonchev–Trinajstić information content (AvgIpc) is 3.32. The Morgan fingerprint density at radius 3 is 2.05 bits per heavy atom. The molecule has 2 N–H and O–H groups in total. The van der Waals surface area contributed by atoms with Crippen LogP contribution in [0.1, 0.15) is 39.0 Å². The lowest BCUT2D eigenvalue weighted by Crippen LogP contribution is -2.55. The van der Waals surface area contributed by atoms with Crippen LogP contribution in [0.15, 0.2) is 45.9 Å². The smallest absolute Gasteiger partial charge is 0.355 e. The Bertz CT molecular complexity index is 1300. The van der Waals surface area contributed by atoms with E-state index in [9.17, 15) is 53.1 Å². The molecule has 3 amide bonds. The Balaban J connectivity index is 2.07. The first-order chi connectivity index (χ1) is 18.8. The van der Waals surface area contributed by atoms with Crippen LogP contribution in [-0.2, 0) is 14.6 Å². The molecule has 1 unspecified atom stereocenters. The summed E-state index contributed by atoms with van der Waals surface area (Å²) in [6.45, 7) is 0.252. The minimum atomic E-state index is -6.56. The van der Waals surface area contributed by atoms with E-state index < -0.39 is 87.2 Å². The fraction of sp³-hybridized carbons (Fsp3) is 0.583. The first-order valence-corrected chi connectivity index (χ1v) is 13.8. The highest BCUT2D eigenvalue weighted by atomic mass is 32.2. The molecule has 230 valence electrons. The van der Waals surface area contributed by atoms with Crippen LogP contribution in [0.3, 0.4) is 0 Å². The van der Waals surface area contributed by atoms with Gasteiger partial charge in [0.05, 0.1) is 0 Å². The number of hydrogen-bond donors (Lipinski definition) is 2. The highest BCUT2D eigenvalue weighted by molar-refractivity contribution is 7.96. The standard InChI is InChI=1S/C24H26F9N3O4S/c1-14(37)34-9-10-35-20(38)36-11-8-21(13-36,41(39,40)17-5-3-16(25)4-6-17)15-2-7-18(19(26)12-15)22(27,23(28,29)30)24(31,32)33/h3,5,12H,2,4,6-11,13H2,1H3,(H,34,37)(H,35,38). The van der Waals surface area contributed by atoms with Crippen molar-refractivity contribution in [3.63, 3.8) is 0 Å². The van der Waals surface area contributed by atoms with Gasteiger partial charge in [-0.2, -0.15) is 26.3 Å². The van der Waals surface area contributed by atoms with E-state index >= 15 is 4.39 Å². The summed E-state index contributed by atoms with van der Waals surface area (Å²) >= 11 is 0. The van der Waals surface area contributed by atoms with E-state index in [1.807, 2.05) is 0 Å². The van der Waals surface area contributed by atoms with Gasteiger partial charge in [-0.15, -0.1) is 0 Å². The molecule has 0 radical (unpaired) electrons. The third-order valence-corrected chi connectivity index (χ3v) is 9.88. The number of likely N-dealkylation sites (tertiary alicyclic amines) is 1. The van der Waals surface area contributed by atoms with Gasteiger partial charge in [0.25, 0.3) is 0 Å². The maximum atomic E-state index is 15.1. The van der Waals surface area contributed by atoms with Crippen LogP contribution in [-0.4, -0.2) is 74.2 Å². The quantitative estimate of drug-likeness (QED) is 0.309. The predicted molar refractivity (Wildman–Crippen MR) is 128 cm³/mol. The van der Waals surface area contributed by atoms with E-state index in [0.717, 1.165) is 17.1 Å². The van der Waals surface area contributed by atoms with Crippen molar-refractivity contribution in [3.8, 4) is 0 Å². The van der Waals surface area contributed by atoms with Gasteiger partial charge < -0.3 is 15.5 Å². The van der Waals surface area contributed by atoms with Crippen molar-refractivity contribution >= 4 is 21.8 Å². The fourth-order valence-corrected chi connectivity index (χ4v) is 7.40. The summed E-state index contributed by atoms with van der Waals surface area (Å²) in [5.74, 6) is -3.25. The molecular weight excluding hydrogens is 597 g/mol. The summed E-state index contributed by atoms with van der Waals surface area (Å²) in [6.07, 6.45) is -14.5. The molecule has 7 nitrogen and oxygen atoms in total. The molecule has 0 saturated carbocycles. The molecule has 1 fully saturated rings. The van der Waals surface area contributed by atoms with E-state index in [4.69, 9.17) is 0 Å². The van der Waals surface area contributed by atoms with Crippen molar-refractivity contribution < 1.29 is 57.5 Å². The number of rotatable bonds is 7. The second-order valence-electron chi connectivity index (χ2n) is 9.78. The molecule has 1 atom stereocenters. The zero-order valence-corrected chi connectivity index (χ0v) is 22.3. The van der Waals surface area contributed by atoms with Crippen molar-refractivity contribution in [2.24, 2.45) is 0 Å². The molecule has 17 heteroatoms. The van der Waals surface area contributed by atoms with Crippen LogP contribution in [0.25, 0.3) is 0 Å². The van der Waals surface area contributed by atoms with Crippen molar-refractivity contribution in [2.75, 3.05) is 26.2 Å². The van der Waals surface area contributed by atoms with Gasteiger partial charge in [0.1, 0.15) is 16.4 Å². The lowest BCUT2D eigenvalue weighted by molar-refractivity contribution is -0.327. The van der Waals surface area contributed by atoms with E-state index in [1.54, 1.807) is 0 Å². The molecule has 3 aliphatic rings. The number of hydrogen-bond acceptors (Lipinski definition) is 4. The summed E-state index contributed by atoms with van der Waals surface area (Å²) in [5.41, 5.74) is -8.70. The number of halogens is 9. The van der Waals surface area contributed by atoms with Crippen LogP contribution in [0.5, 0.6) is 0 Å². The average molecular weight is 624 g/mol. The Morgan fingerprint density at radius 2 is 1.54 bits per heavy atom. The minimum Gasteiger partial charge on any atom is -0.355 e. The molecule has 0 aromatic carbocycles. The molecule has 1 aliphatic heterocycles. The normalized spacial score (nSPS) is 22.7. The monoisotopic (exact) mass is 623 g/mol. The maximum Gasteiger partial charge on any atom is 0.435 e. The zero-order valence-electron chi connectivity index (χ0n) is 21.5. The SMILES string of the molecule is CC(=O)NCCNC(=O)N1CCC(C2=CC(F)=C(C(F)(C(F)(F)F)C(F)(F)F)CC2)(S(=O)(=O)C2=CC=C(F)CC2)C1. The number of sulfone groups is 1. The topological polar surface area (TPSA) is 95.6 Å². The number of allylic oxidation sites excluding steroid dienone is 7. The largest absolute Gasteiger partial charge is 0.435 e. The molecular formula is C24H26F9N3O4S. The van der Waals surface area contributed by atoms with Gasteiger partial charge in [0.15, 0.2) is 9.84 Å². The highest BCUT2D eigenvalue weighted by Gasteiger charge is 2.75. The first kappa shape index (κ1) is 32.5. The van der Waals surface area contributed by atoms with E-state index in [1.165, 1.54) is 6.92 Å². The van der Waals surface area contributed by atoms with Gasteiger partial charge in [-0.25, -0.2) is 26.4 Å². The maximum absolute atomic E-state index is 15.1. The van der Waals surface area contributed by atoms with E-state index in [0.29, 0.717) is 0 Å². The van der Waals surface area contributed by atoms with Crippen LogP contribution in [0.4, 0.5) is 44.3 Å². The fourth-order valence-electron chi connectivity index (χ4n) is 5.09. The Kier molecular flexibility index (Phi) is 9.02. The van der Waals surface area contributed by atoms with Gasteiger partial charge in [-0.3, -0.25) is 4.79 Å². The van der Waals surface area contributed by atoms with E-state index in [-0.39, 0.29) is 49.4 Å². The highest BCUT2D eigenvalue weighted by Crippen LogP contribution is 2.55. The summed E-state index contributed by atoms with van der Waals surface area (Å²) in [5, 5.41) is 4.84. The minimum absolute atomic E-state index is 0.0243. The number of carbonyl (C=O) groups is 2. The summed E-state index contributed by atoms with van der Waals surface area (Å²) in [7, 11) is -4.61. The molecule has 1 saturated heterocycles. The van der Waals surface area contributed by atoms with Crippen molar-refractivity contribution in [1.29, 1.82) is 0 Å². The van der Waals surface area contributed by atoms with Gasteiger partial charge in [0, 0.05) is 50.0 Å². The second kappa shape index (κ2) is 11.4. The third-order valence-electron chi connectivity index (χ3n) is 7.23. The number of nitrogens with one attached hydrogen (secondary N) is 2. The number of carbonyl (C=O) groups excluding carboxylic acids is 2. The van der Waals surface area contributed by atoms with Gasteiger partial charge in [-0.1, -0.05) is 0 Å². The third kappa shape index (κ3) is 6.00. The van der Waals surface area contributed by atoms with Crippen molar-refractivity contribution in [3.05, 3.63) is 45.9 Å². The second-order valence-corrected chi connectivity index (χ2v) is 12.1. The van der Waals surface area contributed by atoms with Gasteiger partial charge in [-0.05, 0) is 49.5 Å². The summed E-state index contributed by atoms with van der Waals surface area (Å²) in [6, 6.07) is -0.805. The molecule has 3 rings (SSSR count). The molecule has 0 aromatic heterocycles. The number of amides is 3. The number of alkyl halides is 7. The van der Waals surface area contributed by atoms with E-state index in [2.05, 4.69) is 10.6 Å². The Labute approximate surface area is 229 Å². The Morgan fingerprint density at radius 1 is 0.927 bits per heavy atom. The molecule has 0 bridgehead atoms. The Hall–Kier alpha value is -2.98. The predicted octanol–water partition coefficient (Wildman–Crippen LogP) is 5.00. The van der Waals surface area contributed by atoms with Crippen LogP contribution in [0.2, 0.25) is 0 Å². The lowest BCUT2D eigenvalue weighted by atomic mass is 9.81. The first-order valence-electron chi connectivity index (χ1n) is 12.3. The number of urea groups is 1. The van der Waals surface area contributed by atoms with Gasteiger partial charge in [0.2, 0.25) is 5.91 Å². The van der Waals surface area contributed by atoms with Crippen LogP contribution in [0, 0.1) is 0 Å². The van der Waals surface area contributed by atoms with Gasteiger partial charge >= 0.3 is 24.1 Å². The molecule has 41 heavy (non-hydrogen) atoms. The lowest BCUT2D eigenvalue weighted by Gasteiger charge is -2.37. The van der Waals surface area contributed by atoms with Crippen molar-refractivity contribution in [1.82, 2.24) is 15.5 Å². The molecule has 2 aliphatic carbocycles. The molecule has 1 heterocycles. The summed E-state index contributed by atoms with van der Waals surface area (Å²) < 4.78 is 148. The summed E-state index contributed by atoms with van der Waals surface area (Å²) in [4.78, 5) is 24.4.